The molecule has 0 aliphatic carbocycles. The molecule has 2 aromatic rings. The molecule has 1 aliphatic heterocycles. The van der Waals surface area contributed by atoms with E-state index in [9.17, 15) is 4.79 Å². The zero-order valence-corrected chi connectivity index (χ0v) is 12.3. The maximum absolute atomic E-state index is 12.6. The molecule has 1 aromatic heterocycles. The minimum atomic E-state index is 0.0200. The number of fused-ring (bicyclic) bond motifs is 1. The van der Waals surface area contributed by atoms with Gasteiger partial charge in [-0.05, 0) is 38.6 Å². The van der Waals surface area contributed by atoms with Crippen LogP contribution in [0.1, 0.15) is 18.7 Å². The van der Waals surface area contributed by atoms with Crippen LogP contribution in [0, 0.1) is 0 Å². The van der Waals surface area contributed by atoms with E-state index in [1.54, 1.807) is 4.57 Å². The van der Waals surface area contributed by atoms with Gasteiger partial charge in [-0.3, -0.25) is 9.36 Å². The monoisotopic (exact) mass is 291 g/mol. The molecule has 1 unspecified atom stereocenters. The molecule has 2 heterocycles. The van der Waals surface area contributed by atoms with Crippen molar-refractivity contribution < 1.29 is 0 Å². The Morgan fingerprint density at radius 2 is 2.20 bits per heavy atom. The molecule has 4 nitrogen and oxygen atoms in total. The molecule has 1 saturated heterocycles. The second-order valence-corrected chi connectivity index (χ2v) is 5.64. The molecular formula is C15H18ClN3O. The van der Waals surface area contributed by atoms with E-state index in [-0.39, 0.29) is 11.4 Å². The summed E-state index contributed by atoms with van der Waals surface area (Å²) in [4.78, 5) is 19.5. The van der Waals surface area contributed by atoms with Gasteiger partial charge in [-0.1, -0.05) is 12.1 Å². The van der Waals surface area contributed by atoms with E-state index in [1.165, 1.54) is 6.42 Å². The highest BCUT2D eigenvalue weighted by atomic mass is 35.5. The zero-order valence-electron chi connectivity index (χ0n) is 11.6. The van der Waals surface area contributed by atoms with Gasteiger partial charge in [0.15, 0.2) is 0 Å². The topological polar surface area (TPSA) is 38.1 Å². The maximum Gasteiger partial charge on any atom is 0.261 e. The molecule has 1 aliphatic rings. The van der Waals surface area contributed by atoms with E-state index < -0.39 is 0 Å². The van der Waals surface area contributed by atoms with Gasteiger partial charge < -0.3 is 4.90 Å². The Morgan fingerprint density at radius 1 is 1.40 bits per heavy atom. The van der Waals surface area contributed by atoms with Gasteiger partial charge in [0.1, 0.15) is 5.82 Å². The van der Waals surface area contributed by atoms with Crippen molar-refractivity contribution in [3.63, 3.8) is 0 Å². The molecule has 1 fully saturated rings. The quantitative estimate of drug-likeness (QED) is 0.814. The summed E-state index contributed by atoms with van der Waals surface area (Å²) in [5.41, 5.74) is 0.746. The molecule has 0 N–H and O–H groups in total. The maximum atomic E-state index is 12.6. The number of rotatable bonds is 3. The van der Waals surface area contributed by atoms with Crippen LogP contribution in [0.25, 0.3) is 10.9 Å². The summed E-state index contributed by atoms with van der Waals surface area (Å²) in [7, 11) is 2.11. The third-order valence-electron chi connectivity index (χ3n) is 4.13. The van der Waals surface area contributed by atoms with Crippen molar-refractivity contribution in [2.24, 2.45) is 0 Å². The second kappa shape index (κ2) is 5.54. The number of alkyl halides is 1. The molecule has 0 saturated carbocycles. The number of likely N-dealkylation sites (N-methyl/N-ethyl adjacent to an activating group) is 1. The number of benzene rings is 1. The molecule has 0 spiro atoms. The van der Waals surface area contributed by atoms with Crippen molar-refractivity contribution in [2.45, 2.75) is 31.3 Å². The summed E-state index contributed by atoms with van der Waals surface area (Å²) in [5, 5.41) is 0.669. The number of likely N-dealkylation sites (tertiary alicyclic amines) is 1. The lowest BCUT2D eigenvalue weighted by Crippen LogP contribution is -2.35. The van der Waals surface area contributed by atoms with E-state index in [2.05, 4.69) is 16.9 Å². The Bertz CT molecular complexity index is 682. The summed E-state index contributed by atoms with van der Waals surface area (Å²) in [5.74, 6) is 0.923. The number of aromatic nitrogens is 2. The first-order chi connectivity index (χ1) is 9.70. The highest BCUT2D eigenvalue weighted by molar-refractivity contribution is 6.16. The van der Waals surface area contributed by atoms with Crippen molar-refractivity contribution in [3.8, 4) is 0 Å². The fourth-order valence-electron chi connectivity index (χ4n) is 2.92. The third-order valence-corrected chi connectivity index (χ3v) is 4.36. The van der Waals surface area contributed by atoms with Crippen molar-refractivity contribution in [1.82, 2.24) is 14.5 Å². The fraction of sp³-hybridized carbons (Fsp3) is 0.467. The van der Waals surface area contributed by atoms with Gasteiger partial charge in [0.05, 0.1) is 16.8 Å². The average Bonchev–Trinajstić information content (AvgIpc) is 2.87. The lowest BCUT2D eigenvalue weighted by molar-refractivity contribution is 0.278. The first kappa shape index (κ1) is 13.6. The summed E-state index contributed by atoms with van der Waals surface area (Å²) in [6.45, 7) is 1.77. The van der Waals surface area contributed by atoms with Crippen LogP contribution in [0.3, 0.4) is 0 Å². The van der Waals surface area contributed by atoms with Crippen LogP contribution in [0.5, 0.6) is 0 Å². The van der Waals surface area contributed by atoms with Gasteiger partial charge in [-0.15, -0.1) is 11.6 Å². The number of hydrogen-bond donors (Lipinski definition) is 0. The van der Waals surface area contributed by atoms with E-state index >= 15 is 0 Å². The lowest BCUT2D eigenvalue weighted by atomic mass is 10.2. The molecule has 1 atom stereocenters. The molecular weight excluding hydrogens is 274 g/mol. The smallest absolute Gasteiger partial charge is 0.261 e. The van der Waals surface area contributed by atoms with Gasteiger partial charge in [-0.2, -0.15) is 0 Å². The number of halogens is 1. The van der Waals surface area contributed by atoms with Crippen LogP contribution in [-0.4, -0.2) is 34.1 Å². The minimum Gasteiger partial charge on any atom is -0.302 e. The van der Waals surface area contributed by atoms with Crippen molar-refractivity contribution >= 4 is 22.5 Å². The second-order valence-electron chi connectivity index (χ2n) is 5.37. The Balaban J connectivity index is 2.08. The molecule has 0 amide bonds. The van der Waals surface area contributed by atoms with Gasteiger partial charge in [-0.25, -0.2) is 4.98 Å². The first-order valence-corrected chi connectivity index (χ1v) is 7.49. The summed E-state index contributed by atoms with van der Waals surface area (Å²) >= 11 is 5.99. The lowest BCUT2D eigenvalue weighted by Gasteiger charge is -2.22. The number of hydrogen-bond acceptors (Lipinski definition) is 3. The van der Waals surface area contributed by atoms with E-state index in [4.69, 9.17) is 11.6 Å². The normalized spacial score (nSPS) is 19.8. The van der Waals surface area contributed by atoms with E-state index in [1.807, 2.05) is 24.3 Å². The largest absolute Gasteiger partial charge is 0.302 e. The Morgan fingerprint density at radius 3 is 2.90 bits per heavy atom. The fourth-order valence-corrected chi connectivity index (χ4v) is 3.13. The highest BCUT2D eigenvalue weighted by Gasteiger charge is 2.23. The molecule has 0 bridgehead atoms. The number of nitrogens with zero attached hydrogens (tertiary/aromatic N) is 3. The van der Waals surface area contributed by atoms with Crippen LogP contribution in [-0.2, 0) is 12.4 Å². The summed E-state index contributed by atoms with van der Waals surface area (Å²) < 4.78 is 1.75. The van der Waals surface area contributed by atoms with E-state index in [0.717, 1.165) is 18.5 Å². The van der Waals surface area contributed by atoms with E-state index in [0.29, 0.717) is 23.8 Å². The van der Waals surface area contributed by atoms with Gasteiger partial charge in [0, 0.05) is 12.6 Å². The van der Waals surface area contributed by atoms with Crippen molar-refractivity contribution in [3.05, 3.63) is 40.4 Å². The van der Waals surface area contributed by atoms with Crippen LogP contribution < -0.4 is 5.56 Å². The SMILES string of the molecule is CN1CCCC1Cn1c(CCl)nc2ccccc2c1=O. The standard InChI is InChI=1S/C15H18ClN3O/c1-18-8-4-5-11(18)10-19-14(9-16)17-13-7-3-2-6-12(13)15(19)20/h2-3,6-7,11H,4-5,8-10H2,1H3. The predicted octanol–water partition coefficient (Wildman–Crippen LogP) is 2.23. The van der Waals surface area contributed by atoms with Crippen molar-refractivity contribution in [1.29, 1.82) is 0 Å². The molecule has 20 heavy (non-hydrogen) atoms. The van der Waals surface area contributed by atoms with Crippen LogP contribution in [0.15, 0.2) is 29.1 Å². The third kappa shape index (κ3) is 2.34. The Labute approximate surface area is 123 Å². The molecule has 1 aromatic carbocycles. The van der Waals surface area contributed by atoms with Gasteiger partial charge >= 0.3 is 0 Å². The van der Waals surface area contributed by atoms with Gasteiger partial charge in [0.2, 0.25) is 0 Å². The van der Waals surface area contributed by atoms with Gasteiger partial charge in [0.25, 0.3) is 5.56 Å². The Hall–Kier alpha value is -1.39. The van der Waals surface area contributed by atoms with Crippen LogP contribution >= 0.6 is 11.6 Å². The zero-order chi connectivity index (χ0) is 14.1. The van der Waals surface area contributed by atoms with Crippen LogP contribution in [0.2, 0.25) is 0 Å². The minimum absolute atomic E-state index is 0.0200. The molecule has 5 heteroatoms. The van der Waals surface area contributed by atoms with Crippen LogP contribution in [0.4, 0.5) is 0 Å². The summed E-state index contributed by atoms with van der Waals surface area (Å²) in [6.07, 6.45) is 2.31. The Kier molecular flexibility index (Phi) is 3.76. The first-order valence-electron chi connectivity index (χ1n) is 6.95. The predicted molar refractivity (Wildman–Crippen MR) is 81.2 cm³/mol. The van der Waals surface area contributed by atoms with Crippen molar-refractivity contribution in [2.75, 3.05) is 13.6 Å². The molecule has 106 valence electrons. The highest BCUT2D eigenvalue weighted by Crippen LogP contribution is 2.17. The molecule has 0 radical (unpaired) electrons. The summed E-state index contributed by atoms with van der Waals surface area (Å²) in [6, 6.07) is 7.85. The average molecular weight is 292 g/mol. The number of para-hydroxylation sites is 1. The molecule has 3 rings (SSSR count).